The van der Waals surface area contributed by atoms with E-state index in [9.17, 15) is 9.90 Å². The van der Waals surface area contributed by atoms with E-state index in [1.165, 1.54) is 32.1 Å². The molecule has 0 amide bonds. The lowest BCUT2D eigenvalue weighted by Crippen LogP contribution is -2.28. The number of nitrogens with zero attached hydrogens (tertiary/aromatic N) is 2. The molecule has 178 valence electrons. The van der Waals surface area contributed by atoms with Crippen LogP contribution in [0, 0.1) is 5.92 Å². The van der Waals surface area contributed by atoms with Gasteiger partial charge in [-0.15, -0.1) is 0 Å². The first-order valence-corrected chi connectivity index (χ1v) is 12.6. The van der Waals surface area contributed by atoms with Crippen molar-refractivity contribution in [3.63, 3.8) is 0 Å². The van der Waals surface area contributed by atoms with E-state index >= 15 is 0 Å². The Kier molecular flexibility index (Phi) is 8.10. The van der Waals surface area contributed by atoms with E-state index in [1.54, 1.807) is 0 Å². The molecule has 1 aromatic heterocycles. The summed E-state index contributed by atoms with van der Waals surface area (Å²) in [5.41, 5.74) is 4.77. The zero-order valence-electron chi connectivity index (χ0n) is 19.9. The van der Waals surface area contributed by atoms with Gasteiger partial charge in [0.2, 0.25) is 0 Å². The van der Waals surface area contributed by atoms with Crippen LogP contribution < -0.4 is 15.9 Å². The van der Waals surface area contributed by atoms with Gasteiger partial charge in [0.1, 0.15) is 0 Å². The van der Waals surface area contributed by atoms with Crippen LogP contribution in [0.1, 0.15) is 58.3 Å². The number of rotatable bonds is 11. The third-order valence-corrected chi connectivity index (χ3v) is 6.85. The van der Waals surface area contributed by atoms with Gasteiger partial charge in [-0.05, 0) is 49.4 Å². The van der Waals surface area contributed by atoms with E-state index in [4.69, 9.17) is 0 Å². The number of hydrogen-bond acceptors (Lipinski definition) is 4. The third kappa shape index (κ3) is 5.80. The van der Waals surface area contributed by atoms with E-state index in [-0.39, 0.29) is 12.3 Å². The van der Waals surface area contributed by atoms with Crippen LogP contribution in [0.3, 0.4) is 0 Å². The number of unbranched alkanes of at least 4 members (excludes halogenated alkanes) is 2. The first-order valence-electron chi connectivity index (χ1n) is 12.6. The Balaban J connectivity index is 1.74. The van der Waals surface area contributed by atoms with E-state index in [2.05, 4.69) is 34.3 Å². The number of para-hydroxylation sites is 1. The number of aliphatic hydroxyl groups excluding tert-OH is 1. The highest BCUT2D eigenvalue weighted by molar-refractivity contribution is 5.90. The van der Waals surface area contributed by atoms with Gasteiger partial charge in [0.05, 0.1) is 29.0 Å². The van der Waals surface area contributed by atoms with Crippen LogP contribution in [0.15, 0.2) is 47.3 Å². The Morgan fingerprint density at radius 1 is 1.09 bits per heavy atom. The Labute approximate surface area is 196 Å². The summed E-state index contributed by atoms with van der Waals surface area (Å²) in [5.74, 6) is 0.569. The maximum atomic E-state index is 12.9. The Morgan fingerprint density at radius 2 is 1.88 bits per heavy atom. The molecule has 1 aliphatic carbocycles. The van der Waals surface area contributed by atoms with Gasteiger partial charge >= 0.3 is 5.69 Å². The van der Waals surface area contributed by atoms with E-state index in [0.29, 0.717) is 12.5 Å². The number of hydrogen-bond donors (Lipinski definition) is 3. The summed E-state index contributed by atoms with van der Waals surface area (Å²) in [6.45, 7) is 4.52. The van der Waals surface area contributed by atoms with Gasteiger partial charge in [0, 0.05) is 25.3 Å². The maximum Gasteiger partial charge on any atom is 0.326 e. The molecule has 3 N–H and O–H groups in total. The number of fused-ring (bicyclic) bond motifs is 1. The fourth-order valence-electron chi connectivity index (χ4n) is 5.07. The van der Waals surface area contributed by atoms with Gasteiger partial charge < -0.3 is 20.3 Å². The molecule has 1 heterocycles. The minimum Gasteiger partial charge on any atom is -0.395 e. The lowest BCUT2D eigenvalue weighted by atomic mass is 9.89. The zero-order valence-corrected chi connectivity index (χ0v) is 19.9. The lowest BCUT2D eigenvalue weighted by Gasteiger charge is -2.27. The summed E-state index contributed by atoms with van der Waals surface area (Å²) in [6.07, 6.45) is 9.62. The molecule has 3 aromatic rings. The van der Waals surface area contributed by atoms with Crippen molar-refractivity contribution in [1.82, 2.24) is 9.55 Å². The second kappa shape index (κ2) is 11.4. The molecule has 6 nitrogen and oxygen atoms in total. The number of aromatic amines is 1. The minimum absolute atomic E-state index is 0.0296. The molecule has 0 aliphatic heterocycles. The zero-order chi connectivity index (χ0) is 23.0. The highest BCUT2D eigenvalue weighted by Crippen LogP contribution is 2.34. The summed E-state index contributed by atoms with van der Waals surface area (Å²) in [7, 11) is 0. The van der Waals surface area contributed by atoms with Crippen molar-refractivity contribution >= 4 is 28.1 Å². The van der Waals surface area contributed by atoms with E-state index in [1.807, 2.05) is 34.9 Å². The monoisotopic (exact) mass is 450 g/mol. The fraction of sp³-hybridized carbons (Fsp3) is 0.519. The molecule has 1 fully saturated rings. The molecule has 0 saturated heterocycles. The summed E-state index contributed by atoms with van der Waals surface area (Å²) < 4.78 is 1.93. The average Bonchev–Trinajstić information content (AvgIpc) is 3.13. The molecule has 6 heteroatoms. The van der Waals surface area contributed by atoms with E-state index in [0.717, 1.165) is 60.4 Å². The van der Waals surface area contributed by atoms with Crippen molar-refractivity contribution in [1.29, 1.82) is 0 Å². The van der Waals surface area contributed by atoms with Crippen molar-refractivity contribution < 1.29 is 5.11 Å². The maximum absolute atomic E-state index is 12.9. The quantitative estimate of drug-likeness (QED) is 0.330. The summed E-state index contributed by atoms with van der Waals surface area (Å²) in [6, 6.07) is 14.3. The van der Waals surface area contributed by atoms with Crippen molar-refractivity contribution in [3.8, 4) is 0 Å². The normalized spacial score (nSPS) is 14.6. The molecular weight excluding hydrogens is 412 g/mol. The standard InChI is InChI=1S/C27H38N4O2/c1-2-3-10-15-30(16-17-32)25-19-26-24(18-23(25)28-22-13-8-5-9-14-22)29-27(33)31(26)20-21-11-6-4-7-12-21/h5,8-9,13-14,18-19,21,28,32H,2-4,6-7,10-12,15-17,20H2,1H3,(H,29,33). The van der Waals surface area contributed by atoms with Crippen LogP contribution in [-0.4, -0.2) is 34.4 Å². The minimum atomic E-state index is -0.0296. The molecule has 4 rings (SSSR count). The topological polar surface area (TPSA) is 73.3 Å². The first-order chi connectivity index (χ1) is 16.2. The van der Waals surface area contributed by atoms with E-state index < -0.39 is 0 Å². The van der Waals surface area contributed by atoms with Crippen molar-refractivity contribution in [2.24, 2.45) is 5.92 Å². The highest BCUT2D eigenvalue weighted by Gasteiger charge is 2.20. The van der Waals surface area contributed by atoms with Crippen molar-refractivity contribution in [3.05, 3.63) is 52.9 Å². The first kappa shape index (κ1) is 23.4. The molecule has 0 atom stereocenters. The summed E-state index contributed by atoms with van der Waals surface area (Å²) in [5, 5.41) is 13.3. The Hall–Kier alpha value is -2.73. The van der Waals surface area contributed by atoms with Gasteiger partial charge in [0.25, 0.3) is 0 Å². The number of aliphatic hydroxyl groups is 1. The summed E-state index contributed by atoms with van der Waals surface area (Å²) >= 11 is 0. The third-order valence-electron chi connectivity index (χ3n) is 6.85. The number of aromatic nitrogens is 2. The number of anilines is 3. The molecule has 1 saturated carbocycles. The SMILES string of the molecule is CCCCCN(CCO)c1cc2c(cc1Nc1ccccc1)[nH]c(=O)n2CC1CCCCC1. The molecule has 0 radical (unpaired) electrons. The average molecular weight is 451 g/mol. The van der Waals surface area contributed by atoms with Crippen LogP contribution in [0.4, 0.5) is 17.1 Å². The van der Waals surface area contributed by atoms with Gasteiger partial charge in [-0.2, -0.15) is 0 Å². The van der Waals surface area contributed by atoms with Crippen LogP contribution in [0.5, 0.6) is 0 Å². The van der Waals surface area contributed by atoms with Gasteiger partial charge in [-0.25, -0.2) is 4.79 Å². The predicted octanol–water partition coefficient (Wildman–Crippen LogP) is 5.64. The molecule has 0 spiro atoms. The van der Waals surface area contributed by atoms with Crippen LogP contribution >= 0.6 is 0 Å². The van der Waals surface area contributed by atoms with Crippen LogP contribution in [-0.2, 0) is 6.54 Å². The lowest BCUT2D eigenvalue weighted by molar-refractivity contribution is 0.301. The number of imidazole rings is 1. The predicted molar refractivity (Wildman–Crippen MR) is 138 cm³/mol. The van der Waals surface area contributed by atoms with Crippen molar-refractivity contribution in [2.45, 2.75) is 64.8 Å². The second-order valence-electron chi connectivity index (χ2n) is 9.34. The van der Waals surface area contributed by atoms with Crippen LogP contribution in [0.2, 0.25) is 0 Å². The number of nitrogens with one attached hydrogen (secondary N) is 2. The summed E-state index contributed by atoms with van der Waals surface area (Å²) in [4.78, 5) is 18.3. The molecule has 33 heavy (non-hydrogen) atoms. The second-order valence-corrected chi connectivity index (χ2v) is 9.34. The van der Waals surface area contributed by atoms with Gasteiger partial charge in [-0.1, -0.05) is 57.2 Å². The number of H-pyrrole nitrogens is 1. The molecular formula is C27H38N4O2. The molecule has 0 unspecified atom stereocenters. The smallest absolute Gasteiger partial charge is 0.326 e. The molecule has 0 bridgehead atoms. The largest absolute Gasteiger partial charge is 0.395 e. The number of benzene rings is 2. The van der Waals surface area contributed by atoms with Crippen molar-refractivity contribution in [2.75, 3.05) is 29.9 Å². The van der Waals surface area contributed by atoms with Gasteiger partial charge in [0.15, 0.2) is 0 Å². The Bertz CT molecular complexity index is 1070. The molecule has 1 aliphatic rings. The Morgan fingerprint density at radius 3 is 2.61 bits per heavy atom. The fourth-order valence-corrected chi connectivity index (χ4v) is 5.07. The molecule has 2 aromatic carbocycles. The van der Waals surface area contributed by atoms with Crippen LogP contribution in [0.25, 0.3) is 11.0 Å². The van der Waals surface area contributed by atoms with Gasteiger partial charge in [-0.3, -0.25) is 4.57 Å². The highest BCUT2D eigenvalue weighted by atomic mass is 16.3.